The second kappa shape index (κ2) is 8.02. The normalized spacial score (nSPS) is 11.9. The largest absolute Gasteiger partial charge is 0.458 e. The number of nitrogens with zero attached hydrogens (tertiary/aromatic N) is 1. The van der Waals surface area contributed by atoms with Gasteiger partial charge < -0.3 is 13.8 Å². The van der Waals surface area contributed by atoms with E-state index in [1.807, 2.05) is 0 Å². The Balaban J connectivity index is 3.61. The monoisotopic (exact) mass is 277 g/mol. The first-order valence-electron chi connectivity index (χ1n) is 6.20. The van der Waals surface area contributed by atoms with Crippen LogP contribution in [0.25, 0.3) is 0 Å². The topological polar surface area (TPSA) is 38.8 Å². The first-order valence-corrected chi connectivity index (χ1v) is 12.1. The number of amides is 1. The van der Waals surface area contributed by atoms with Crippen LogP contribution in [0, 0.1) is 0 Å². The van der Waals surface area contributed by atoms with E-state index in [9.17, 15) is 4.79 Å². The van der Waals surface area contributed by atoms with Crippen molar-refractivity contribution in [3.05, 3.63) is 0 Å². The number of hydrogen-bond acceptors (Lipinski definition) is 3. The summed E-state index contributed by atoms with van der Waals surface area (Å²) in [6.07, 6.45) is 0.987. The van der Waals surface area contributed by atoms with Crippen molar-refractivity contribution >= 4 is 23.3 Å². The highest BCUT2D eigenvalue weighted by Gasteiger charge is 2.22. The molecule has 0 aliphatic rings. The zero-order valence-corrected chi connectivity index (χ0v) is 14.2. The maximum atomic E-state index is 11.2. The zero-order valence-electron chi connectivity index (χ0n) is 12.1. The first kappa shape index (κ1) is 16.8. The second-order valence-corrected chi connectivity index (χ2v) is 12.4. The van der Waals surface area contributed by atoms with E-state index in [4.69, 9.17) is 8.85 Å². The van der Waals surface area contributed by atoms with Gasteiger partial charge in [0.1, 0.15) is 6.61 Å². The number of carbonyl (C=O) groups is 1. The Morgan fingerprint density at radius 2 is 1.88 bits per heavy atom. The van der Waals surface area contributed by atoms with E-state index in [2.05, 4.69) is 26.2 Å². The quantitative estimate of drug-likeness (QED) is 0.500. The molecule has 0 bridgehead atoms. The molecule has 4 nitrogen and oxygen atoms in total. The van der Waals surface area contributed by atoms with Crippen LogP contribution in [0.5, 0.6) is 0 Å². The third-order valence-corrected chi connectivity index (χ3v) is 8.34. The Labute approximate surface area is 108 Å². The van der Waals surface area contributed by atoms with Crippen molar-refractivity contribution in [3.8, 4) is 0 Å². The Bertz CT molecular complexity index is 233. The fourth-order valence-electron chi connectivity index (χ4n) is 1.59. The molecule has 0 aliphatic carbocycles. The summed E-state index contributed by atoms with van der Waals surface area (Å²) in [5.41, 5.74) is 0. The number of ether oxygens (including phenoxy) is 1. The van der Waals surface area contributed by atoms with Gasteiger partial charge in [-0.1, -0.05) is 0 Å². The molecule has 17 heavy (non-hydrogen) atoms. The molecule has 0 unspecified atom stereocenters. The lowest BCUT2D eigenvalue weighted by molar-refractivity contribution is -0.133. The molecule has 0 aromatic rings. The molecule has 0 spiro atoms. The summed E-state index contributed by atoms with van der Waals surface area (Å²) in [5.74, 6) is 0.0207. The predicted octanol–water partition coefficient (Wildman–Crippen LogP) is 1.69. The van der Waals surface area contributed by atoms with Crippen LogP contribution in [-0.2, 0) is 13.6 Å². The minimum absolute atomic E-state index is 0.0207. The van der Waals surface area contributed by atoms with Crippen molar-refractivity contribution in [3.63, 3.8) is 0 Å². The smallest absolute Gasteiger partial charge is 0.248 e. The van der Waals surface area contributed by atoms with Crippen molar-refractivity contribution < 1.29 is 13.6 Å². The molecule has 0 heterocycles. The average Bonchev–Trinajstić information content (AvgIpc) is 2.14. The van der Waals surface area contributed by atoms with Crippen molar-refractivity contribution in [2.45, 2.75) is 38.7 Å². The first-order chi connectivity index (χ1) is 7.74. The lowest BCUT2D eigenvalue weighted by atomic mass is 10.5. The molecule has 102 valence electrons. The maximum absolute atomic E-state index is 11.2. The zero-order chi connectivity index (χ0) is 13.5. The van der Waals surface area contributed by atoms with Gasteiger partial charge in [0.25, 0.3) is 0 Å². The predicted molar refractivity (Wildman–Crippen MR) is 76.4 cm³/mol. The van der Waals surface area contributed by atoms with E-state index < -0.39 is 17.4 Å². The summed E-state index contributed by atoms with van der Waals surface area (Å²) < 4.78 is 11.4. The average molecular weight is 278 g/mol. The molecule has 0 saturated heterocycles. The van der Waals surface area contributed by atoms with Crippen LogP contribution in [0.2, 0.25) is 32.2 Å². The van der Waals surface area contributed by atoms with Crippen LogP contribution in [0.4, 0.5) is 0 Å². The summed E-state index contributed by atoms with van der Waals surface area (Å²) in [6, 6.07) is 1.11. The minimum atomic E-state index is -1.48. The molecule has 0 aromatic heterocycles. The molecule has 0 N–H and O–H groups in total. The van der Waals surface area contributed by atoms with Gasteiger partial charge in [-0.15, -0.1) is 0 Å². The van der Waals surface area contributed by atoms with E-state index >= 15 is 0 Å². The molecule has 0 radical (unpaired) electrons. The molecule has 0 aromatic carbocycles. The van der Waals surface area contributed by atoms with E-state index in [1.165, 1.54) is 0 Å². The Morgan fingerprint density at radius 1 is 1.29 bits per heavy atom. The van der Waals surface area contributed by atoms with Crippen LogP contribution in [0.1, 0.15) is 6.42 Å². The Hall–Kier alpha value is -0.176. The van der Waals surface area contributed by atoms with Gasteiger partial charge in [0.15, 0.2) is 17.4 Å². The van der Waals surface area contributed by atoms with E-state index in [1.54, 1.807) is 19.0 Å². The van der Waals surface area contributed by atoms with E-state index in [-0.39, 0.29) is 12.5 Å². The number of hydrogen-bond donors (Lipinski definition) is 0. The van der Waals surface area contributed by atoms with Crippen LogP contribution >= 0.6 is 0 Å². The van der Waals surface area contributed by atoms with Gasteiger partial charge in [0.2, 0.25) is 5.91 Å². The summed E-state index contributed by atoms with van der Waals surface area (Å²) in [5, 5.41) is 0. The van der Waals surface area contributed by atoms with Crippen LogP contribution in [0.15, 0.2) is 0 Å². The molecular weight excluding hydrogens is 250 g/mol. The molecule has 0 fully saturated rings. The summed E-state index contributed by atoms with van der Waals surface area (Å²) in [4.78, 5) is 12.8. The summed E-state index contributed by atoms with van der Waals surface area (Å²) in [7, 11) is 1.07. The van der Waals surface area contributed by atoms with E-state index in [0.29, 0.717) is 6.61 Å². The number of likely N-dealkylation sites (N-methyl/N-ethyl adjacent to an activating group) is 1. The highest BCUT2D eigenvalue weighted by molar-refractivity contribution is 6.77. The van der Waals surface area contributed by atoms with Gasteiger partial charge in [-0.3, -0.25) is 4.79 Å². The van der Waals surface area contributed by atoms with Crippen LogP contribution < -0.4 is 0 Å². The molecule has 0 rings (SSSR count). The van der Waals surface area contributed by atoms with Gasteiger partial charge >= 0.3 is 0 Å². The van der Waals surface area contributed by atoms with Crippen molar-refractivity contribution in [1.82, 2.24) is 4.90 Å². The highest BCUT2D eigenvalue weighted by atomic mass is 28.4. The van der Waals surface area contributed by atoms with Gasteiger partial charge in [0, 0.05) is 20.7 Å². The number of rotatable bonds is 8. The van der Waals surface area contributed by atoms with Gasteiger partial charge in [0.05, 0.1) is 0 Å². The van der Waals surface area contributed by atoms with Crippen molar-refractivity contribution in [2.24, 2.45) is 0 Å². The van der Waals surface area contributed by atoms with E-state index in [0.717, 1.165) is 12.5 Å². The third kappa shape index (κ3) is 9.52. The third-order valence-electron chi connectivity index (χ3n) is 2.35. The van der Waals surface area contributed by atoms with Gasteiger partial charge in [-0.05, 0) is 38.7 Å². The molecule has 6 heteroatoms. The van der Waals surface area contributed by atoms with Gasteiger partial charge in [-0.25, -0.2) is 0 Å². The maximum Gasteiger partial charge on any atom is 0.248 e. The van der Waals surface area contributed by atoms with Crippen LogP contribution in [0.3, 0.4) is 0 Å². The van der Waals surface area contributed by atoms with Crippen LogP contribution in [-0.4, -0.2) is 55.5 Å². The standard InChI is InChI=1S/C11H27NO3Si2/c1-12(2)11(13)10-14-8-7-9-17(5,6)15-16(3)4/h16H,7-10H2,1-6H3. The minimum Gasteiger partial charge on any atom is -0.458 e. The van der Waals surface area contributed by atoms with Gasteiger partial charge in [-0.2, -0.15) is 0 Å². The SMILES string of the molecule is CN(C)C(=O)COCCC[Si](C)(C)O[SiH](C)C. The van der Waals surface area contributed by atoms with Crippen molar-refractivity contribution in [2.75, 3.05) is 27.3 Å². The molecule has 0 saturated carbocycles. The Morgan fingerprint density at radius 3 is 2.35 bits per heavy atom. The Kier molecular flexibility index (Phi) is 7.94. The second-order valence-electron chi connectivity index (χ2n) is 5.37. The fraction of sp³-hybridized carbons (Fsp3) is 0.909. The lowest BCUT2D eigenvalue weighted by Crippen LogP contribution is -2.35. The molecule has 1 amide bonds. The lowest BCUT2D eigenvalue weighted by Gasteiger charge is -2.25. The molecule has 0 atom stereocenters. The summed E-state index contributed by atoms with van der Waals surface area (Å²) in [6.45, 7) is 9.77. The summed E-state index contributed by atoms with van der Waals surface area (Å²) >= 11 is 0. The highest BCUT2D eigenvalue weighted by Crippen LogP contribution is 2.14. The molecular formula is C11H27NO3Si2. The number of carbonyl (C=O) groups excluding carboxylic acids is 1. The fourth-order valence-corrected chi connectivity index (χ4v) is 8.16. The molecule has 0 aliphatic heterocycles. The van der Waals surface area contributed by atoms with Crippen molar-refractivity contribution in [1.29, 1.82) is 0 Å².